The average Bonchev–Trinajstić information content (AvgIpc) is 2.86. The number of H-pyrrole nitrogens is 1. The Hall–Kier alpha value is -1.46. The second-order valence-electron chi connectivity index (χ2n) is 4.42. The number of hydrogen-bond donors (Lipinski definition) is 3. The molecule has 1 aromatic carbocycles. The quantitative estimate of drug-likeness (QED) is 0.757. The van der Waals surface area contributed by atoms with Crippen LogP contribution in [0.15, 0.2) is 30.5 Å². The molecule has 0 aliphatic heterocycles. The molecule has 1 aromatic heterocycles. The summed E-state index contributed by atoms with van der Waals surface area (Å²) in [5, 5.41) is 13.0. The van der Waals surface area contributed by atoms with E-state index in [9.17, 15) is 4.79 Å². The van der Waals surface area contributed by atoms with Crippen molar-refractivity contribution in [2.24, 2.45) is 0 Å². The summed E-state index contributed by atoms with van der Waals surface area (Å²) in [5.41, 5.74) is 1.59. The summed E-state index contributed by atoms with van der Waals surface area (Å²) in [5.74, 6) is 0.709. The molecule has 0 radical (unpaired) electrons. The number of thioether (sulfide) groups is 1. The Morgan fingerprint density at radius 1 is 1.47 bits per heavy atom. The van der Waals surface area contributed by atoms with E-state index in [4.69, 9.17) is 5.11 Å². The third-order valence-corrected chi connectivity index (χ3v) is 3.73. The predicted octanol–water partition coefficient (Wildman–Crippen LogP) is 2.01. The molecule has 4 nitrogen and oxygen atoms in total. The van der Waals surface area contributed by atoms with Gasteiger partial charge < -0.3 is 15.4 Å². The predicted molar refractivity (Wildman–Crippen MR) is 79.6 cm³/mol. The first-order valence-corrected chi connectivity index (χ1v) is 7.62. The molecule has 0 spiro atoms. The highest BCUT2D eigenvalue weighted by atomic mass is 32.2. The molecule has 1 unspecified atom stereocenters. The zero-order valence-corrected chi connectivity index (χ0v) is 11.7. The van der Waals surface area contributed by atoms with Gasteiger partial charge >= 0.3 is 0 Å². The summed E-state index contributed by atoms with van der Waals surface area (Å²) in [6, 6.07) is 7.57. The number of aromatic nitrogens is 1. The molecule has 0 bridgehead atoms. The Kier molecular flexibility index (Phi) is 4.87. The van der Waals surface area contributed by atoms with Crippen molar-refractivity contribution in [3.05, 3.63) is 36.0 Å². The Balaban J connectivity index is 2.09. The number of aliphatic hydroxyl groups excluding tert-OH is 1. The van der Waals surface area contributed by atoms with Crippen LogP contribution in [-0.4, -0.2) is 40.7 Å². The summed E-state index contributed by atoms with van der Waals surface area (Å²) in [6.07, 6.45) is 4.42. The van der Waals surface area contributed by atoms with Crippen LogP contribution in [0.25, 0.3) is 10.9 Å². The lowest BCUT2D eigenvalue weighted by molar-refractivity contribution is 0.0935. The van der Waals surface area contributed by atoms with Crippen LogP contribution in [0.4, 0.5) is 0 Å². The molecule has 2 rings (SSSR count). The fraction of sp³-hybridized carbons (Fsp3) is 0.357. The molecule has 0 saturated heterocycles. The largest absolute Gasteiger partial charge is 0.396 e. The number of amides is 1. The van der Waals surface area contributed by atoms with Crippen LogP contribution in [0.3, 0.4) is 0 Å². The smallest absolute Gasteiger partial charge is 0.251 e. The molecule has 1 atom stereocenters. The van der Waals surface area contributed by atoms with E-state index in [1.54, 1.807) is 11.8 Å². The third-order valence-electron chi connectivity index (χ3n) is 3.00. The highest BCUT2D eigenvalue weighted by molar-refractivity contribution is 7.98. The summed E-state index contributed by atoms with van der Waals surface area (Å²) >= 11 is 1.66. The standard InChI is InChI=1S/C14H18N2O2S/c1-19-9-12(5-7-17)16-14(18)11-3-2-10-4-6-15-13(10)8-11/h2-4,6,8,12,15,17H,5,7,9H2,1H3,(H,16,18). The lowest BCUT2D eigenvalue weighted by Gasteiger charge is -2.16. The average molecular weight is 278 g/mol. The summed E-state index contributed by atoms with van der Waals surface area (Å²) in [7, 11) is 0. The van der Waals surface area contributed by atoms with Gasteiger partial charge in [-0.15, -0.1) is 0 Å². The van der Waals surface area contributed by atoms with Crippen LogP contribution in [0.5, 0.6) is 0 Å². The highest BCUT2D eigenvalue weighted by Crippen LogP contribution is 2.14. The van der Waals surface area contributed by atoms with Gasteiger partial charge in [-0.05, 0) is 36.3 Å². The van der Waals surface area contributed by atoms with Crippen LogP contribution < -0.4 is 5.32 Å². The number of carbonyl (C=O) groups excluding carboxylic acids is 1. The van der Waals surface area contributed by atoms with E-state index in [1.807, 2.05) is 36.7 Å². The Morgan fingerprint density at radius 3 is 3.05 bits per heavy atom. The summed E-state index contributed by atoms with van der Waals surface area (Å²) in [6.45, 7) is 0.0845. The first-order valence-electron chi connectivity index (χ1n) is 6.22. The first kappa shape index (κ1) is 14.0. The lowest BCUT2D eigenvalue weighted by atomic mass is 10.1. The minimum absolute atomic E-state index is 0.00633. The van der Waals surface area contributed by atoms with Crippen molar-refractivity contribution in [3.8, 4) is 0 Å². The normalized spacial score (nSPS) is 12.5. The van der Waals surface area contributed by atoms with Gasteiger partial charge in [-0.25, -0.2) is 0 Å². The fourth-order valence-electron chi connectivity index (χ4n) is 2.01. The van der Waals surface area contributed by atoms with Gasteiger partial charge in [-0.3, -0.25) is 4.79 Å². The number of fused-ring (bicyclic) bond motifs is 1. The van der Waals surface area contributed by atoms with Crippen LogP contribution in [-0.2, 0) is 0 Å². The van der Waals surface area contributed by atoms with Crippen LogP contribution >= 0.6 is 11.8 Å². The van der Waals surface area contributed by atoms with Gasteiger partial charge in [0.1, 0.15) is 0 Å². The van der Waals surface area contributed by atoms with E-state index in [0.717, 1.165) is 16.7 Å². The Bertz CT molecular complexity index is 547. The second-order valence-corrected chi connectivity index (χ2v) is 5.33. The van der Waals surface area contributed by atoms with Gasteiger partial charge in [-0.2, -0.15) is 11.8 Å². The van der Waals surface area contributed by atoms with E-state index in [-0.39, 0.29) is 18.6 Å². The number of aromatic amines is 1. The molecule has 0 aliphatic carbocycles. The van der Waals surface area contributed by atoms with E-state index in [0.29, 0.717) is 12.0 Å². The van der Waals surface area contributed by atoms with E-state index < -0.39 is 0 Å². The van der Waals surface area contributed by atoms with Crippen LogP contribution in [0.2, 0.25) is 0 Å². The highest BCUT2D eigenvalue weighted by Gasteiger charge is 2.13. The van der Waals surface area contributed by atoms with Gasteiger partial charge in [0.05, 0.1) is 0 Å². The Labute approximate surface area is 116 Å². The number of carbonyl (C=O) groups is 1. The molecule has 0 saturated carbocycles. The van der Waals surface area contributed by atoms with Gasteiger partial charge in [0, 0.05) is 35.7 Å². The van der Waals surface area contributed by atoms with Crippen molar-refractivity contribution in [2.45, 2.75) is 12.5 Å². The zero-order valence-electron chi connectivity index (χ0n) is 10.8. The van der Waals surface area contributed by atoms with Crippen LogP contribution in [0, 0.1) is 0 Å². The second kappa shape index (κ2) is 6.63. The molecule has 5 heteroatoms. The molecule has 1 heterocycles. The first-order chi connectivity index (χ1) is 9.24. The van der Waals surface area contributed by atoms with E-state index >= 15 is 0 Å². The van der Waals surface area contributed by atoms with Crippen molar-refractivity contribution in [1.29, 1.82) is 0 Å². The Morgan fingerprint density at radius 2 is 2.32 bits per heavy atom. The molecule has 19 heavy (non-hydrogen) atoms. The fourth-order valence-corrected chi connectivity index (χ4v) is 2.66. The minimum Gasteiger partial charge on any atom is -0.396 e. The van der Waals surface area contributed by atoms with E-state index in [2.05, 4.69) is 10.3 Å². The zero-order chi connectivity index (χ0) is 13.7. The number of benzene rings is 1. The maximum atomic E-state index is 12.2. The van der Waals surface area contributed by atoms with Gasteiger partial charge in [0.2, 0.25) is 0 Å². The molecule has 0 aliphatic rings. The van der Waals surface area contributed by atoms with Gasteiger partial charge in [-0.1, -0.05) is 6.07 Å². The summed E-state index contributed by atoms with van der Waals surface area (Å²) < 4.78 is 0. The SMILES string of the molecule is CSCC(CCO)NC(=O)c1ccc2cc[nH]c2c1. The molecule has 0 fully saturated rings. The number of aliphatic hydroxyl groups is 1. The minimum atomic E-state index is -0.0935. The van der Waals surface area contributed by atoms with E-state index in [1.165, 1.54) is 0 Å². The third kappa shape index (κ3) is 3.52. The lowest BCUT2D eigenvalue weighted by Crippen LogP contribution is -2.37. The maximum Gasteiger partial charge on any atom is 0.251 e. The summed E-state index contributed by atoms with van der Waals surface area (Å²) in [4.78, 5) is 15.2. The number of nitrogens with one attached hydrogen (secondary N) is 2. The topological polar surface area (TPSA) is 65.1 Å². The molecule has 1 amide bonds. The maximum absolute atomic E-state index is 12.2. The van der Waals surface area contributed by atoms with Gasteiger partial charge in [0.15, 0.2) is 0 Å². The van der Waals surface area contributed by atoms with Crippen molar-refractivity contribution in [1.82, 2.24) is 10.3 Å². The molecular formula is C14H18N2O2S. The molecular weight excluding hydrogens is 260 g/mol. The molecule has 2 aromatic rings. The van der Waals surface area contributed by atoms with Crippen molar-refractivity contribution >= 4 is 28.6 Å². The number of rotatable bonds is 6. The monoisotopic (exact) mass is 278 g/mol. The molecule has 102 valence electrons. The van der Waals surface area contributed by atoms with Crippen molar-refractivity contribution < 1.29 is 9.90 Å². The molecule has 3 N–H and O–H groups in total. The van der Waals surface area contributed by atoms with Gasteiger partial charge in [0.25, 0.3) is 5.91 Å². The van der Waals surface area contributed by atoms with Crippen LogP contribution in [0.1, 0.15) is 16.8 Å². The van der Waals surface area contributed by atoms with Crippen molar-refractivity contribution in [2.75, 3.05) is 18.6 Å². The van der Waals surface area contributed by atoms with Crippen molar-refractivity contribution in [3.63, 3.8) is 0 Å². The number of hydrogen-bond acceptors (Lipinski definition) is 3.